The molecule has 0 aliphatic rings. The van der Waals surface area contributed by atoms with Crippen LogP contribution in [-0.2, 0) is 4.79 Å². The topological polar surface area (TPSA) is 108 Å². The number of aromatic amines is 1. The summed E-state index contributed by atoms with van der Waals surface area (Å²) < 4.78 is 0. The van der Waals surface area contributed by atoms with Crippen LogP contribution in [0, 0.1) is 13.8 Å². The van der Waals surface area contributed by atoms with Gasteiger partial charge in [0, 0.05) is 23.0 Å². The van der Waals surface area contributed by atoms with Gasteiger partial charge in [0.25, 0.3) is 5.56 Å². The summed E-state index contributed by atoms with van der Waals surface area (Å²) in [7, 11) is 0. The van der Waals surface area contributed by atoms with Gasteiger partial charge >= 0.3 is 5.97 Å². The lowest BCUT2D eigenvalue weighted by molar-refractivity contribution is -0.138. The average Bonchev–Trinajstić information content (AvgIpc) is 2.56. The SMILES string of the molecule is CCCCC(Nc1ccc(-c2nc(C)c(C)c(=O)[nH]2)cn1)C(=O)O. The van der Waals surface area contributed by atoms with E-state index in [0.717, 1.165) is 12.8 Å². The number of carboxylic acid groups (broad SMARTS) is 1. The normalized spacial score (nSPS) is 12.0. The molecule has 3 N–H and O–H groups in total. The molecule has 0 amide bonds. The third kappa shape index (κ3) is 4.18. The van der Waals surface area contributed by atoms with Crippen molar-refractivity contribution >= 4 is 11.8 Å². The highest BCUT2D eigenvalue weighted by Gasteiger charge is 2.17. The molecule has 0 bridgehead atoms. The number of rotatable bonds is 7. The van der Waals surface area contributed by atoms with Crippen LogP contribution in [0.5, 0.6) is 0 Å². The van der Waals surface area contributed by atoms with Crippen LogP contribution >= 0.6 is 0 Å². The number of anilines is 1. The lowest BCUT2D eigenvalue weighted by Crippen LogP contribution is -2.29. The minimum absolute atomic E-state index is 0.176. The Morgan fingerprint density at radius 3 is 2.67 bits per heavy atom. The van der Waals surface area contributed by atoms with Crippen molar-refractivity contribution < 1.29 is 9.90 Å². The minimum Gasteiger partial charge on any atom is -0.480 e. The molecule has 0 fully saturated rings. The number of nitrogens with one attached hydrogen (secondary N) is 2. The Balaban J connectivity index is 2.18. The number of pyridine rings is 1. The Kier molecular flexibility index (Phi) is 5.68. The number of aliphatic carboxylic acids is 1. The summed E-state index contributed by atoms with van der Waals surface area (Å²) in [4.78, 5) is 34.4. The minimum atomic E-state index is -0.894. The number of aromatic nitrogens is 3. The molecule has 2 heterocycles. The van der Waals surface area contributed by atoms with Gasteiger partial charge in [-0.15, -0.1) is 0 Å². The van der Waals surface area contributed by atoms with Crippen molar-refractivity contribution in [3.63, 3.8) is 0 Å². The molecule has 128 valence electrons. The van der Waals surface area contributed by atoms with Gasteiger partial charge in [-0.1, -0.05) is 19.8 Å². The van der Waals surface area contributed by atoms with Crippen LogP contribution < -0.4 is 10.9 Å². The molecule has 0 radical (unpaired) electrons. The lowest BCUT2D eigenvalue weighted by atomic mass is 10.1. The molecule has 0 saturated heterocycles. The van der Waals surface area contributed by atoms with Gasteiger partial charge in [0.15, 0.2) is 0 Å². The molecule has 0 aliphatic heterocycles. The number of carbonyl (C=O) groups is 1. The summed E-state index contributed by atoms with van der Waals surface area (Å²) in [6, 6.07) is 2.77. The Labute approximate surface area is 140 Å². The molecule has 2 rings (SSSR count). The highest BCUT2D eigenvalue weighted by atomic mass is 16.4. The fraction of sp³-hybridized carbons (Fsp3) is 0.412. The highest BCUT2D eigenvalue weighted by Crippen LogP contribution is 2.16. The number of hydrogen-bond acceptors (Lipinski definition) is 5. The van der Waals surface area contributed by atoms with E-state index in [1.807, 2.05) is 6.92 Å². The molecule has 7 heteroatoms. The summed E-state index contributed by atoms with van der Waals surface area (Å²) >= 11 is 0. The van der Waals surface area contributed by atoms with Crippen molar-refractivity contribution in [3.05, 3.63) is 39.9 Å². The number of hydrogen-bond donors (Lipinski definition) is 3. The largest absolute Gasteiger partial charge is 0.480 e. The molecule has 0 aromatic carbocycles. The first-order valence-corrected chi connectivity index (χ1v) is 7.95. The second-order valence-electron chi connectivity index (χ2n) is 5.73. The molecule has 2 aromatic heterocycles. The van der Waals surface area contributed by atoms with Crippen molar-refractivity contribution in [1.29, 1.82) is 0 Å². The summed E-state index contributed by atoms with van der Waals surface area (Å²) in [6.07, 6.45) is 3.87. The van der Waals surface area contributed by atoms with Crippen molar-refractivity contribution in [2.45, 2.75) is 46.1 Å². The Morgan fingerprint density at radius 2 is 2.12 bits per heavy atom. The predicted molar refractivity (Wildman–Crippen MR) is 92.1 cm³/mol. The van der Waals surface area contributed by atoms with Crippen LogP contribution in [0.15, 0.2) is 23.1 Å². The van der Waals surface area contributed by atoms with Crippen LogP contribution in [-0.4, -0.2) is 32.1 Å². The van der Waals surface area contributed by atoms with Crippen LogP contribution in [0.3, 0.4) is 0 Å². The molecule has 24 heavy (non-hydrogen) atoms. The van der Waals surface area contributed by atoms with Gasteiger partial charge in [0.2, 0.25) is 0 Å². The molecule has 1 atom stereocenters. The number of carboxylic acids is 1. The van der Waals surface area contributed by atoms with E-state index in [-0.39, 0.29) is 5.56 Å². The van der Waals surface area contributed by atoms with Crippen molar-refractivity contribution in [1.82, 2.24) is 15.0 Å². The van der Waals surface area contributed by atoms with Crippen LogP contribution in [0.2, 0.25) is 0 Å². The van der Waals surface area contributed by atoms with Gasteiger partial charge < -0.3 is 15.4 Å². The number of H-pyrrole nitrogens is 1. The van der Waals surface area contributed by atoms with E-state index in [1.165, 1.54) is 0 Å². The van der Waals surface area contributed by atoms with Crippen molar-refractivity contribution in [3.8, 4) is 11.4 Å². The van der Waals surface area contributed by atoms with E-state index in [0.29, 0.717) is 34.9 Å². The van der Waals surface area contributed by atoms with Crippen LogP contribution in [0.1, 0.15) is 37.4 Å². The van der Waals surface area contributed by atoms with Crippen molar-refractivity contribution in [2.24, 2.45) is 0 Å². The molecular formula is C17H22N4O3. The molecule has 0 spiro atoms. The lowest BCUT2D eigenvalue weighted by Gasteiger charge is -2.14. The Hall–Kier alpha value is -2.70. The fourth-order valence-corrected chi connectivity index (χ4v) is 2.25. The monoisotopic (exact) mass is 330 g/mol. The van der Waals surface area contributed by atoms with E-state index >= 15 is 0 Å². The third-order valence-corrected chi connectivity index (χ3v) is 3.90. The predicted octanol–water partition coefficient (Wildman–Crippen LogP) is 2.50. The molecular weight excluding hydrogens is 308 g/mol. The standard InChI is InChI=1S/C17H22N4O3/c1-4-5-6-13(17(23)24)20-14-8-7-12(9-18-14)15-19-11(3)10(2)16(22)21-15/h7-9,13H,4-6H2,1-3H3,(H,18,20)(H,23,24)(H,19,21,22). The van der Waals surface area contributed by atoms with E-state index in [2.05, 4.69) is 20.3 Å². The van der Waals surface area contributed by atoms with E-state index in [1.54, 1.807) is 32.2 Å². The first kappa shape index (κ1) is 17.7. The van der Waals surface area contributed by atoms with Gasteiger partial charge in [-0.05, 0) is 32.4 Å². The Bertz CT molecular complexity index is 768. The number of unbranched alkanes of at least 4 members (excludes halogenated alkanes) is 1. The summed E-state index contributed by atoms with van der Waals surface area (Å²) in [5.74, 6) is 0.0332. The Morgan fingerprint density at radius 1 is 1.38 bits per heavy atom. The van der Waals surface area contributed by atoms with Gasteiger partial charge in [-0.25, -0.2) is 14.8 Å². The van der Waals surface area contributed by atoms with Gasteiger partial charge in [0.1, 0.15) is 17.7 Å². The maximum atomic E-state index is 11.8. The second-order valence-corrected chi connectivity index (χ2v) is 5.73. The van der Waals surface area contributed by atoms with Crippen molar-refractivity contribution in [2.75, 3.05) is 5.32 Å². The van der Waals surface area contributed by atoms with Gasteiger partial charge in [-0.2, -0.15) is 0 Å². The molecule has 0 saturated carbocycles. The van der Waals surface area contributed by atoms with Crippen LogP contribution in [0.4, 0.5) is 5.82 Å². The zero-order valence-electron chi connectivity index (χ0n) is 14.1. The quantitative estimate of drug-likeness (QED) is 0.720. The van der Waals surface area contributed by atoms with E-state index in [4.69, 9.17) is 0 Å². The van der Waals surface area contributed by atoms with Gasteiger partial charge in [0.05, 0.1) is 0 Å². The maximum Gasteiger partial charge on any atom is 0.326 e. The summed E-state index contributed by atoms with van der Waals surface area (Å²) in [6.45, 7) is 5.52. The molecule has 2 aromatic rings. The van der Waals surface area contributed by atoms with E-state index in [9.17, 15) is 14.7 Å². The smallest absolute Gasteiger partial charge is 0.326 e. The fourth-order valence-electron chi connectivity index (χ4n) is 2.25. The highest BCUT2D eigenvalue weighted by molar-refractivity contribution is 5.76. The second kappa shape index (κ2) is 7.72. The summed E-state index contributed by atoms with van der Waals surface area (Å²) in [5, 5.41) is 12.2. The summed E-state index contributed by atoms with van der Waals surface area (Å²) in [5.41, 5.74) is 1.75. The molecule has 1 unspecified atom stereocenters. The molecule has 7 nitrogen and oxygen atoms in total. The molecule has 0 aliphatic carbocycles. The maximum absolute atomic E-state index is 11.8. The average molecular weight is 330 g/mol. The third-order valence-electron chi connectivity index (χ3n) is 3.90. The number of aryl methyl sites for hydroxylation is 1. The number of nitrogens with zero attached hydrogens (tertiary/aromatic N) is 2. The van der Waals surface area contributed by atoms with Gasteiger partial charge in [-0.3, -0.25) is 4.79 Å². The van der Waals surface area contributed by atoms with E-state index < -0.39 is 12.0 Å². The first-order chi connectivity index (χ1) is 11.4. The zero-order valence-corrected chi connectivity index (χ0v) is 14.1. The van der Waals surface area contributed by atoms with Crippen LogP contribution in [0.25, 0.3) is 11.4 Å². The first-order valence-electron chi connectivity index (χ1n) is 7.95. The zero-order chi connectivity index (χ0) is 17.7.